The Kier molecular flexibility index (Phi) is 7.26. The van der Waals surface area contributed by atoms with Crippen LogP contribution in [0.3, 0.4) is 0 Å². The van der Waals surface area contributed by atoms with Crippen molar-refractivity contribution < 1.29 is 14.6 Å². The van der Waals surface area contributed by atoms with Gasteiger partial charge in [-0.25, -0.2) is 0 Å². The quantitative estimate of drug-likeness (QED) is 0.617. The summed E-state index contributed by atoms with van der Waals surface area (Å²) < 4.78 is 5.74. The predicted octanol–water partition coefficient (Wildman–Crippen LogP) is 2.20. The van der Waals surface area contributed by atoms with Crippen LogP contribution >= 0.6 is 0 Å². The number of aliphatic hydroxyl groups excluding tert-OH is 1. The van der Waals surface area contributed by atoms with Gasteiger partial charge < -0.3 is 15.2 Å². The topological polar surface area (TPSA) is 70.6 Å². The summed E-state index contributed by atoms with van der Waals surface area (Å²) in [5.74, 6) is 0.640. The minimum Gasteiger partial charge on any atom is -0.489 e. The largest absolute Gasteiger partial charge is 0.489 e. The third kappa shape index (κ3) is 6.40. The molecule has 5 nitrogen and oxygen atoms in total. The van der Waals surface area contributed by atoms with E-state index < -0.39 is 6.35 Å². The third-order valence-corrected chi connectivity index (χ3v) is 3.54. The Labute approximate surface area is 142 Å². The second-order valence-electron chi connectivity index (χ2n) is 5.45. The van der Waals surface area contributed by atoms with E-state index in [1.807, 2.05) is 54.6 Å². The first-order chi connectivity index (χ1) is 11.7. The molecule has 2 aromatic rings. The molecular formula is C19H24N2O3. The van der Waals surface area contributed by atoms with E-state index in [0.717, 1.165) is 23.3 Å². The Hall–Kier alpha value is -2.37. The van der Waals surface area contributed by atoms with E-state index in [2.05, 4.69) is 10.6 Å². The summed E-state index contributed by atoms with van der Waals surface area (Å²) in [5.41, 5.74) is 2.26. The van der Waals surface area contributed by atoms with Crippen LogP contribution in [-0.2, 0) is 17.8 Å². The van der Waals surface area contributed by atoms with Gasteiger partial charge in [0.1, 0.15) is 12.4 Å². The van der Waals surface area contributed by atoms with Crippen LogP contribution in [0, 0.1) is 0 Å². The summed E-state index contributed by atoms with van der Waals surface area (Å²) in [6.45, 7) is 2.85. The van der Waals surface area contributed by atoms with Crippen molar-refractivity contribution in [2.75, 3.05) is 6.54 Å². The van der Waals surface area contributed by atoms with Gasteiger partial charge in [0.05, 0.1) is 0 Å². The molecule has 0 aromatic heterocycles. The van der Waals surface area contributed by atoms with Gasteiger partial charge in [0, 0.05) is 13.0 Å². The summed E-state index contributed by atoms with van der Waals surface area (Å²) in [6.07, 6.45) is 0.0900. The lowest BCUT2D eigenvalue weighted by Gasteiger charge is -2.14. The summed E-state index contributed by atoms with van der Waals surface area (Å²) in [4.78, 5) is 11.1. The number of ether oxygens (including phenoxy) is 1. The third-order valence-electron chi connectivity index (χ3n) is 3.54. The van der Waals surface area contributed by atoms with Crippen LogP contribution in [0.15, 0.2) is 54.6 Å². The summed E-state index contributed by atoms with van der Waals surface area (Å²) in [6, 6.07) is 17.9. The fourth-order valence-corrected chi connectivity index (χ4v) is 2.15. The molecule has 2 aromatic carbocycles. The van der Waals surface area contributed by atoms with Crippen LogP contribution in [0.2, 0.25) is 0 Å². The second-order valence-corrected chi connectivity index (χ2v) is 5.45. The fraction of sp³-hybridized carbons (Fsp3) is 0.316. The van der Waals surface area contributed by atoms with Crippen molar-refractivity contribution in [1.82, 2.24) is 10.6 Å². The lowest BCUT2D eigenvalue weighted by Crippen LogP contribution is -2.45. The highest BCUT2D eigenvalue weighted by Gasteiger charge is 2.05. The molecule has 5 heteroatoms. The number of hydrogen-bond acceptors (Lipinski definition) is 4. The molecule has 1 amide bonds. The van der Waals surface area contributed by atoms with Crippen molar-refractivity contribution in [3.05, 3.63) is 65.7 Å². The normalized spacial score (nSPS) is 11.8. The molecule has 2 rings (SSSR count). The Morgan fingerprint density at radius 3 is 2.46 bits per heavy atom. The fourth-order valence-electron chi connectivity index (χ4n) is 2.15. The lowest BCUT2D eigenvalue weighted by atomic mass is 10.1. The van der Waals surface area contributed by atoms with Crippen molar-refractivity contribution in [3.8, 4) is 5.75 Å². The van der Waals surface area contributed by atoms with Crippen molar-refractivity contribution in [3.63, 3.8) is 0 Å². The monoisotopic (exact) mass is 328 g/mol. The van der Waals surface area contributed by atoms with Gasteiger partial charge in [0.15, 0.2) is 6.35 Å². The first-order valence-corrected chi connectivity index (χ1v) is 8.14. The van der Waals surface area contributed by atoms with Crippen molar-refractivity contribution in [2.24, 2.45) is 0 Å². The zero-order chi connectivity index (χ0) is 17.2. The maximum Gasteiger partial charge on any atom is 0.222 e. The van der Waals surface area contributed by atoms with Crippen LogP contribution in [0.4, 0.5) is 0 Å². The van der Waals surface area contributed by atoms with Gasteiger partial charge in [0.2, 0.25) is 5.91 Å². The highest BCUT2D eigenvalue weighted by molar-refractivity contribution is 5.75. The summed E-state index contributed by atoms with van der Waals surface area (Å²) in [5, 5.41) is 14.9. The standard InChI is InChI=1S/C19H24N2O3/c1-2-18(22)21-19(23)20-13-12-15-8-10-17(11-9-15)24-14-16-6-4-3-5-7-16/h3-11,19-20,23H,2,12-14H2,1H3,(H,21,22). The van der Waals surface area contributed by atoms with E-state index in [1.54, 1.807) is 6.92 Å². The highest BCUT2D eigenvalue weighted by atomic mass is 16.5. The van der Waals surface area contributed by atoms with Crippen molar-refractivity contribution >= 4 is 5.91 Å². The molecule has 0 aliphatic heterocycles. The first-order valence-electron chi connectivity index (χ1n) is 8.14. The van der Waals surface area contributed by atoms with E-state index in [4.69, 9.17) is 4.74 Å². The Morgan fingerprint density at radius 1 is 1.08 bits per heavy atom. The van der Waals surface area contributed by atoms with E-state index in [0.29, 0.717) is 19.6 Å². The van der Waals surface area contributed by atoms with E-state index >= 15 is 0 Å². The Balaban J connectivity index is 1.71. The summed E-state index contributed by atoms with van der Waals surface area (Å²) in [7, 11) is 0. The van der Waals surface area contributed by atoms with Crippen molar-refractivity contribution in [2.45, 2.75) is 32.7 Å². The number of aliphatic hydroxyl groups is 1. The molecule has 1 unspecified atom stereocenters. The molecular weight excluding hydrogens is 304 g/mol. The number of carbonyl (C=O) groups excluding carboxylic acids is 1. The van der Waals surface area contributed by atoms with Gasteiger partial charge >= 0.3 is 0 Å². The van der Waals surface area contributed by atoms with Crippen LogP contribution in [-0.4, -0.2) is 23.9 Å². The van der Waals surface area contributed by atoms with Gasteiger partial charge in [-0.15, -0.1) is 0 Å². The zero-order valence-electron chi connectivity index (χ0n) is 13.9. The molecule has 3 N–H and O–H groups in total. The second kappa shape index (κ2) is 9.70. The molecule has 0 saturated carbocycles. The molecule has 0 aliphatic rings. The molecule has 0 spiro atoms. The van der Waals surface area contributed by atoms with E-state index in [9.17, 15) is 9.90 Å². The lowest BCUT2D eigenvalue weighted by molar-refractivity contribution is -0.124. The molecule has 0 radical (unpaired) electrons. The Bertz CT molecular complexity index is 614. The molecule has 0 bridgehead atoms. The zero-order valence-corrected chi connectivity index (χ0v) is 13.9. The average Bonchev–Trinajstić information content (AvgIpc) is 2.62. The van der Waals surface area contributed by atoms with Gasteiger partial charge in [-0.05, 0) is 29.7 Å². The molecule has 0 heterocycles. The number of amides is 1. The molecule has 24 heavy (non-hydrogen) atoms. The number of benzene rings is 2. The maximum absolute atomic E-state index is 11.1. The number of nitrogens with one attached hydrogen (secondary N) is 2. The molecule has 0 fully saturated rings. The predicted molar refractivity (Wildman–Crippen MR) is 93.4 cm³/mol. The van der Waals surface area contributed by atoms with Gasteiger partial charge in [-0.2, -0.15) is 0 Å². The molecule has 1 atom stereocenters. The minimum absolute atomic E-state index is 0.185. The molecule has 0 aliphatic carbocycles. The Morgan fingerprint density at radius 2 is 1.79 bits per heavy atom. The minimum atomic E-state index is -1.01. The first kappa shape index (κ1) is 18.0. The number of hydrogen-bond donors (Lipinski definition) is 3. The summed E-state index contributed by atoms with van der Waals surface area (Å²) >= 11 is 0. The number of carbonyl (C=O) groups is 1. The molecule has 128 valence electrons. The van der Waals surface area contributed by atoms with Gasteiger partial charge in [-0.3, -0.25) is 10.1 Å². The molecule has 0 saturated heterocycles. The SMILES string of the molecule is CCC(=O)NC(O)NCCc1ccc(OCc2ccccc2)cc1. The van der Waals surface area contributed by atoms with Crippen LogP contribution in [0.5, 0.6) is 5.75 Å². The van der Waals surface area contributed by atoms with Gasteiger partial charge in [-0.1, -0.05) is 49.4 Å². The van der Waals surface area contributed by atoms with Crippen LogP contribution < -0.4 is 15.4 Å². The maximum atomic E-state index is 11.1. The van der Waals surface area contributed by atoms with E-state index in [-0.39, 0.29) is 5.91 Å². The van der Waals surface area contributed by atoms with E-state index in [1.165, 1.54) is 0 Å². The highest BCUT2D eigenvalue weighted by Crippen LogP contribution is 2.14. The average molecular weight is 328 g/mol. The number of rotatable bonds is 9. The van der Waals surface area contributed by atoms with Gasteiger partial charge in [0.25, 0.3) is 0 Å². The smallest absolute Gasteiger partial charge is 0.222 e. The van der Waals surface area contributed by atoms with Crippen LogP contribution in [0.1, 0.15) is 24.5 Å². The van der Waals surface area contributed by atoms with Crippen LogP contribution in [0.25, 0.3) is 0 Å². The van der Waals surface area contributed by atoms with Crippen molar-refractivity contribution in [1.29, 1.82) is 0 Å².